The highest BCUT2D eigenvalue weighted by molar-refractivity contribution is 5.53. The van der Waals surface area contributed by atoms with Crippen LogP contribution in [0.1, 0.15) is 32.8 Å². The highest BCUT2D eigenvalue weighted by Gasteiger charge is 2.22. The number of nitriles is 1. The Bertz CT molecular complexity index is 418. The number of halogens is 1. The van der Waals surface area contributed by atoms with E-state index in [4.69, 9.17) is 5.26 Å². The number of nitrogens with zero attached hydrogens (tertiary/aromatic N) is 2. The van der Waals surface area contributed by atoms with Crippen molar-refractivity contribution in [2.75, 3.05) is 11.9 Å². The predicted molar refractivity (Wildman–Crippen MR) is 63.9 cm³/mol. The summed E-state index contributed by atoms with van der Waals surface area (Å²) in [6, 6.07) is 6.38. The van der Waals surface area contributed by atoms with E-state index in [1.165, 1.54) is 12.1 Å². The number of hydrogen-bond acceptors (Lipinski definition) is 2. The van der Waals surface area contributed by atoms with E-state index < -0.39 is 0 Å². The van der Waals surface area contributed by atoms with Crippen LogP contribution in [0.3, 0.4) is 0 Å². The Balaban J connectivity index is 3.14. The fourth-order valence-corrected chi connectivity index (χ4v) is 1.42. The van der Waals surface area contributed by atoms with Crippen molar-refractivity contribution in [3.05, 3.63) is 29.6 Å². The molecule has 0 aliphatic rings. The summed E-state index contributed by atoms with van der Waals surface area (Å²) in [5.74, 6) is -0.368. The Kier molecular flexibility index (Phi) is 3.54. The summed E-state index contributed by atoms with van der Waals surface area (Å²) in [7, 11) is 1.92. The highest BCUT2D eigenvalue weighted by Crippen LogP contribution is 2.26. The van der Waals surface area contributed by atoms with Gasteiger partial charge in [0.1, 0.15) is 5.82 Å². The average molecular weight is 220 g/mol. The second kappa shape index (κ2) is 4.52. The number of anilines is 1. The molecule has 0 aliphatic carbocycles. The smallest absolute Gasteiger partial charge is 0.126 e. The molecule has 1 rings (SSSR count). The van der Waals surface area contributed by atoms with E-state index in [0.717, 1.165) is 12.1 Å². The molecular weight excluding hydrogens is 203 g/mol. The molecule has 2 nitrogen and oxygen atoms in total. The second-order valence-electron chi connectivity index (χ2n) is 4.53. The van der Waals surface area contributed by atoms with Crippen LogP contribution in [0.5, 0.6) is 0 Å². The summed E-state index contributed by atoms with van der Waals surface area (Å²) in [4.78, 5) is 2.00. The molecule has 1 aromatic rings. The Hall–Kier alpha value is -1.56. The van der Waals surface area contributed by atoms with Gasteiger partial charge in [0, 0.05) is 18.3 Å². The lowest BCUT2D eigenvalue weighted by molar-refractivity contribution is 0.470. The molecule has 1 aromatic carbocycles. The van der Waals surface area contributed by atoms with Crippen molar-refractivity contribution in [2.24, 2.45) is 0 Å². The van der Waals surface area contributed by atoms with Crippen LogP contribution in [0.15, 0.2) is 18.2 Å². The first-order chi connectivity index (χ1) is 7.40. The van der Waals surface area contributed by atoms with Crippen molar-refractivity contribution < 1.29 is 4.39 Å². The van der Waals surface area contributed by atoms with Gasteiger partial charge in [0.25, 0.3) is 0 Å². The van der Waals surface area contributed by atoms with Crippen LogP contribution in [0.4, 0.5) is 10.1 Å². The first kappa shape index (κ1) is 12.5. The molecule has 0 aromatic heterocycles. The zero-order valence-electron chi connectivity index (χ0n) is 10.2. The van der Waals surface area contributed by atoms with Crippen molar-refractivity contribution in [1.82, 2.24) is 0 Å². The van der Waals surface area contributed by atoms with E-state index in [9.17, 15) is 4.39 Å². The Morgan fingerprint density at radius 3 is 2.50 bits per heavy atom. The molecule has 0 bridgehead atoms. The van der Waals surface area contributed by atoms with Gasteiger partial charge in [-0.2, -0.15) is 5.26 Å². The quantitative estimate of drug-likeness (QED) is 0.781. The lowest BCUT2D eigenvalue weighted by Gasteiger charge is -2.36. The van der Waals surface area contributed by atoms with Gasteiger partial charge in [0.2, 0.25) is 0 Å². The van der Waals surface area contributed by atoms with E-state index >= 15 is 0 Å². The van der Waals surface area contributed by atoms with Crippen LogP contribution in [0, 0.1) is 17.1 Å². The summed E-state index contributed by atoms with van der Waals surface area (Å²) in [5.41, 5.74) is 1.04. The fourth-order valence-electron chi connectivity index (χ4n) is 1.42. The Labute approximate surface area is 96.3 Å². The third-order valence-electron chi connectivity index (χ3n) is 3.17. The zero-order chi connectivity index (χ0) is 12.3. The van der Waals surface area contributed by atoms with E-state index in [1.54, 1.807) is 6.07 Å². The standard InChI is InChI=1S/C13H17FN2/c1-5-13(2,3)16(4)12-7-10(9-15)6-11(14)8-12/h6-8H,5H2,1-4H3. The number of hydrogen-bond donors (Lipinski definition) is 0. The second-order valence-corrected chi connectivity index (χ2v) is 4.53. The van der Waals surface area contributed by atoms with Gasteiger partial charge in [0.05, 0.1) is 11.6 Å². The Morgan fingerprint density at radius 2 is 2.00 bits per heavy atom. The lowest BCUT2D eigenvalue weighted by atomic mass is 9.99. The van der Waals surface area contributed by atoms with Crippen LogP contribution >= 0.6 is 0 Å². The van der Waals surface area contributed by atoms with Crippen molar-refractivity contribution in [2.45, 2.75) is 32.7 Å². The molecule has 86 valence electrons. The van der Waals surface area contributed by atoms with Gasteiger partial charge in [-0.15, -0.1) is 0 Å². The first-order valence-corrected chi connectivity index (χ1v) is 5.35. The third kappa shape index (κ3) is 2.52. The molecule has 3 heteroatoms. The van der Waals surface area contributed by atoms with Crippen LogP contribution in [-0.4, -0.2) is 12.6 Å². The predicted octanol–water partition coefficient (Wildman–Crippen LogP) is 3.32. The monoisotopic (exact) mass is 220 g/mol. The van der Waals surface area contributed by atoms with Crippen molar-refractivity contribution in [3.8, 4) is 6.07 Å². The summed E-state index contributed by atoms with van der Waals surface area (Å²) >= 11 is 0. The maximum absolute atomic E-state index is 13.3. The summed E-state index contributed by atoms with van der Waals surface area (Å²) in [6.45, 7) is 6.26. The van der Waals surface area contributed by atoms with Crippen LogP contribution in [-0.2, 0) is 0 Å². The minimum absolute atomic E-state index is 0.0550. The van der Waals surface area contributed by atoms with E-state index in [1.807, 2.05) is 18.0 Å². The van der Waals surface area contributed by atoms with Gasteiger partial charge >= 0.3 is 0 Å². The minimum Gasteiger partial charge on any atom is -0.369 e. The molecular formula is C13H17FN2. The molecule has 0 radical (unpaired) electrons. The maximum Gasteiger partial charge on any atom is 0.126 e. The van der Waals surface area contributed by atoms with Crippen molar-refractivity contribution in [3.63, 3.8) is 0 Å². The molecule has 0 aliphatic heterocycles. The van der Waals surface area contributed by atoms with Gasteiger partial charge in [0.15, 0.2) is 0 Å². The summed E-state index contributed by atoms with van der Waals surface area (Å²) in [6.07, 6.45) is 0.946. The first-order valence-electron chi connectivity index (χ1n) is 5.35. The topological polar surface area (TPSA) is 27.0 Å². The van der Waals surface area contributed by atoms with Gasteiger partial charge in [-0.1, -0.05) is 6.92 Å². The van der Waals surface area contributed by atoms with Crippen molar-refractivity contribution >= 4 is 5.69 Å². The van der Waals surface area contributed by atoms with Gasteiger partial charge in [-0.05, 0) is 38.5 Å². The molecule has 0 spiro atoms. The zero-order valence-corrected chi connectivity index (χ0v) is 10.2. The van der Waals surface area contributed by atoms with Gasteiger partial charge in [-0.25, -0.2) is 4.39 Å². The van der Waals surface area contributed by atoms with Crippen LogP contribution < -0.4 is 4.90 Å². The SMILES string of the molecule is CCC(C)(C)N(C)c1cc(F)cc(C#N)c1. The number of benzene rings is 1. The lowest BCUT2D eigenvalue weighted by Crippen LogP contribution is -2.40. The normalized spacial score (nSPS) is 11.0. The fraction of sp³-hybridized carbons (Fsp3) is 0.462. The molecule has 0 heterocycles. The molecule has 0 fully saturated rings. The molecule has 0 saturated heterocycles. The largest absolute Gasteiger partial charge is 0.369 e. The number of rotatable bonds is 3. The van der Waals surface area contributed by atoms with Gasteiger partial charge < -0.3 is 4.90 Å². The van der Waals surface area contributed by atoms with E-state index in [2.05, 4.69) is 20.8 Å². The van der Waals surface area contributed by atoms with E-state index in [-0.39, 0.29) is 11.4 Å². The maximum atomic E-state index is 13.3. The van der Waals surface area contributed by atoms with E-state index in [0.29, 0.717) is 5.56 Å². The highest BCUT2D eigenvalue weighted by atomic mass is 19.1. The molecule has 16 heavy (non-hydrogen) atoms. The average Bonchev–Trinajstić information content (AvgIpc) is 2.27. The molecule has 0 unspecified atom stereocenters. The molecule has 0 amide bonds. The van der Waals surface area contributed by atoms with Crippen molar-refractivity contribution in [1.29, 1.82) is 5.26 Å². The van der Waals surface area contributed by atoms with Gasteiger partial charge in [-0.3, -0.25) is 0 Å². The summed E-state index contributed by atoms with van der Waals surface area (Å²) in [5, 5.41) is 8.79. The Morgan fingerprint density at radius 1 is 1.38 bits per heavy atom. The molecule has 0 atom stereocenters. The molecule has 0 saturated carbocycles. The van der Waals surface area contributed by atoms with Crippen LogP contribution in [0.2, 0.25) is 0 Å². The summed E-state index contributed by atoms with van der Waals surface area (Å²) < 4.78 is 13.3. The molecule has 0 N–H and O–H groups in total. The van der Waals surface area contributed by atoms with Crippen LogP contribution in [0.25, 0.3) is 0 Å². The minimum atomic E-state index is -0.368. The third-order valence-corrected chi connectivity index (χ3v) is 3.17.